The van der Waals surface area contributed by atoms with Crippen molar-refractivity contribution in [2.75, 3.05) is 28.4 Å². The van der Waals surface area contributed by atoms with Gasteiger partial charge in [0.05, 0.1) is 46.4 Å². The van der Waals surface area contributed by atoms with Gasteiger partial charge in [0.15, 0.2) is 11.5 Å². The molecular formula is C30H31NO6. The molecule has 1 saturated heterocycles. The Kier molecular flexibility index (Phi) is 6.65. The van der Waals surface area contributed by atoms with E-state index in [9.17, 15) is 9.59 Å². The van der Waals surface area contributed by atoms with E-state index in [0.29, 0.717) is 17.9 Å². The number of hydrogen-bond acceptors (Lipinski definition) is 7. The lowest BCUT2D eigenvalue weighted by molar-refractivity contribution is -0.156. The Labute approximate surface area is 216 Å². The molecule has 1 unspecified atom stereocenters. The predicted molar refractivity (Wildman–Crippen MR) is 137 cm³/mol. The number of benzene rings is 3. The van der Waals surface area contributed by atoms with Gasteiger partial charge < -0.3 is 18.9 Å². The summed E-state index contributed by atoms with van der Waals surface area (Å²) >= 11 is 0. The van der Waals surface area contributed by atoms with Crippen molar-refractivity contribution in [3.8, 4) is 11.5 Å². The summed E-state index contributed by atoms with van der Waals surface area (Å²) < 4.78 is 22.0. The average Bonchev–Trinajstić information content (AvgIpc) is 3.30. The molecule has 2 aliphatic rings. The Morgan fingerprint density at radius 2 is 1.41 bits per heavy atom. The number of rotatable bonds is 6. The highest BCUT2D eigenvalue weighted by Gasteiger charge is 2.63. The number of nitrogens with zero attached hydrogens (tertiary/aromatic N) is 1. The molecule has 0 spiro atoms. The van der Waals surface area contributed by atoms with Gasteiger partial charge >= 0.3 is 11.9 Å². The Morgan fingerprint density at radius 1 is 0.811 bits per heavy atom. The Bertz CT molecular complexity index is 1290. The second-order valence-electron chi connectivity index (χ2n) is 9.52. The summed E-state index contributed by atoms with van der Waals surface area (Å²) in [7, 11) is 6.00. The smallest absolute Gasteiger partial charge is 0.326 e. The van der Waals surface area contributed by atoms with E-state index in [1.165, 1.54) is 14.2 Å². The quantitative estimate of drug-likeness (QED) is 0.461. The summed E-state index contributed by atoms with van der Waals surface area (Å²) in [5, 5.41) is 0. The van der Waals surface area contributed by atoms with Gasteiger partial charge in [-0.2, -0.15) is 0 Å². The van der Waals surface area contributed by atoms with Gasteiger partial charge in [-0.25, -0.2) is 0 Å². The summed E-state index contributed by atoms with van der Waals surface area (Å²) in [4.78, 5) is 29.2. The van der Waals surface area contributed by atoms with Gasteiger partial charge in [0.2, 0.25) is 0 Å². The minimum absolute atomic E-state index is 0.267. The van der Waals surface area contributed by atoms with Crippen molar-refractivity contribution >= 4 is 11.9 Å². The first kappa shape index (κ1) is 24.8. The van der Waals surface area contributed by atoms with Crippen molar-refractivity contribution in [3.05, 3.63) is 95.1 Å². The fraction of sp³-hybridized carbons (Fsp3) is 0.333. The number of esters is 2. The first-order valence-corrected chi connectivity index (χ1v) is 12.3. The molecule has 192 valence electrons. The zero-order valence-electron chi connectivity index (χ0n) is 21.5. The second-order valence-corrected chi connectivity index (χ2v) is 9.52. The maximum absolute atomic E-state index is 13.8. The Balaban J connectivity index is 1.83. The van der Waals surface area contributed by atoms with Gasteiger partial charge in [0.1, 0.15) is 5.54 Å². The minimum Gasteiger partial charge on any atom is -0.493 e. The molecule has 2 heterocycles. The van der Waals surface area contributed by atoms with Crippen LogP contribution in [-0.2, 0) is 25.5 Å². The zero-order chi connectivity index (χ0) is 26.2. The third kappa shape index (κ3) is 3.94. The third-order valence-electron chi connectivity index (χ3n) is 7.76. The van der Waals surface area contributed by atoms with E-state index in [2.05, 4.69) is 4.90 Å². The molecule has 0 aromatic heterocycles. The summed E-state index contributed by atoms with van der Waals surface area (Å²) in [5.41, 5.74) is 2.78. The molecule has 0 aliphatic carbocycles. The van der Waals surface area contributed by atoms with Crippen LogP contribution in [0.1, 0.15) is 40.8 Å². The molecule has 0 amide bonds. The Morgan fingerprint density at radius 3 is 1.97 bits per heavy atom. The van der Waals surface area contributed by atoms with Gasteiger partial charge in [-0.1, -0.05) is 60.7 Å². The number of methoxy groups -OCH3 is 4. The van der Waals surface area contributed by atoms with Gasteiger partial charge in [0.25, 0.3) is 0 Å². The molecule has 4 atom stereocenters. The van der Waals surface area contributed by atoms with E-state index >= 15 is 0 Å². The fourth-order valence-corrected chi connectivity index (χ4v) is 6.25. The van der Waals surface area contributed by atoms with E-state index < -0.39 is 17.5 Å². The van der Waals surface area contributed by atoms with Crippen molar-refractivity contribution in [2.45, 2.75) is 30.5 Å². The van der Waals surface area contributed by atoms with Crippen LogP contribution in [0.15, 0.2) is 72.8 Å². The molecule has 1 fully saturated rings. The van der Waals surface area contributed by atoms with Crippen LogP contribution in [-0.4, -0.2) is 50.8 Å². The van der Waals surface area contributed by atoms with E-state index in [1.807, 2.05) is 72.8 Å². The summed E-state index contributed by atoms with van der Waals surface area (Å²) in [6, 6.07) is 23.0. The summed E-state index contributed by atoms with van der Waals surface area (Å²) in [5.74, 6) is -0.106. The molecule has 0 N–H and O–H groups in total. The van der Waals surface area contributed by atoms with E-state index in [0.717, 1.165) is 22.3 Å². The normalized spacial score (nSPS) is 24.5. The number of carbonyl (C=O) groups excluding carboxylic acids is 2. The highest BCUT2D eigenvalue weighted by atomic mass is 16.5. The lowest BCUT2D eigenvalue weighted by Crippen LogP contribution is -2.57. The number of fused-ring (bicyclic) bond motifs is 2. The van der Waals surface area contributed by atoms with Crippen LogP contribution in [0.4, 0.5) is 0 Å². The van der Waals surface area contributed by atoms with Gasteiger partial charge in [0, 0.05) is 6.42 Å². The average molecular weight is 502 g/mol. The minimum atomic E-state index is -1.10. The van der Waals surface area contributed by atoms with Crippen molar-refractivity contribution in [1.82, 2.24) is 4.90 Å². The maximum atomic E-state index is 13.8. The van der Waals surface area contributed by atoms with Crippen LogP contribution in [0.25, 0.3) is 0 Å². The third-order valence-corrected chi connectivity index (χ3v) is 7.76. The number of carbonyl (C=O) groups is 2. The maximum Gasteiger partial charge on any atom is 0.326 e. The molecule has 2 aliphatic heterocycles. The molecule has 37 heavy (non-hydrogen) atoms. The summed E-state index contributed by atoms with van der Waals surface area (Å²) in [6.07, 6.45) is 0.624. The largest absolute Gasteiger partial charge is 0.493 e. The first-order valence-electron chi connectivity index (χ1n) is 12.3. The van der Waals surface area contributed by atoms with Gasteiger partial charge in [-0.15, -0.1) is 0 Å². The lowest BCUT2D eigenvalue weighted by Gasteiger charge is -2.48. The van der Waals surface area contributed by atoms with Crippen molar-refractivity contribution in [3.63, 3.8) is 0 Å². The molecular weight excluding hydrogens is 470 g/mol. The molecule has 0 saturated carbocycles. The Hall–Kier alpha value is -3.84. The van der Waals surface area contributed by atoms with Crippen LogP contribution >= 0.6 is 0 Å². The van der Waals surface area contributed by atoms with Crippen molar-refractivity contribution < 1.29 is 28.5 Å². The van der Waals surface area contributed by atoms with Crippen LogP contribution < -0.4 is 9.47 Å². The van der Waals surface area contributed by atoms with E-state index in [4.69, 9.17) is 18.9 Å². The van der Waals surface area contributed by atoms with E-state index in [-0.39, 0.29) is 24.4 Å². The SMILES string of the molecule is COC(=O)[C@@H]1C[C@@]2(C(=O)OC)Cc3cc(OC)c(OC)cc3C(c3ccccc3)N2[C@@H]1c1ccccc1. The number of hydrogen-bond donors (Lipinski definition) is 0. The predicted octanol–water partition coefficient (Wildman–Crippen LogP) is 4.50. The van der Waals surface area contributed by atoms with Crippen LogP contribution in [0.3, 0.4) is 0 Å². The molecule has 5 rings (SSSR count). The van der Waals surface area contributed by atoms with Crippen LogP contribution in [0.2, 0.25) is 0 Å². The molecule has 3 aromatic carbocycles. The lowest BCUT2D eigenvalue weighted by atomic mass is 9.76. The van der Waals surface area contributed by atoms with Crippen LogP contribution in [0.5, 0.6) is 11.5 Å². The fourth-order valence-electron chi connectivity index (χ4n) is 6.25. The molecule has 3 aromatic rings. The topological polar surface area (TPSA) is 74.3 Å². The van der Waals surface area contributed by atoms with Gasteiger partial charge in [-0.05, 0) is 40.8 Å². The zero-order valence-corrected chi connectivity index (χ0v) is 21.5. The van der Waals surface area contributed by atoms with Gasteiger partial charge in [-0.3, -0.25) is 14.5 Å². The summed E-state index contributed by atoms with van der Waals surface area (Å²) in [6.45, 7) is 0. The van der Waals surface area contributed by atoms with E-state index in [1.54, 1.807) is 14.2 Å². The number of ether oxygens (including phenoxy) is 4. The molecule has 0 radical (unpaired) electrons. The van der Waals surface area contributed by atoms with Crippen molar-refractivity contribution in [2.24, 2.45) is 5.92 Å². The molecule has 7 heteroatoms. The highest BCUT2D eigenvalue weighted by molar-refractivity contribution is 5.86. The monoisotopic (exact) mass is 501 g/mol. The highest BCUT2D eigenvalue weighted by Crippen LogP contribution is 2.58. The first-order chi connectivity index (χ1) is 18.0. The second kappa shape index (κ2) is 9.90. The molecule has 7 nitrogen and oxygen atoms in total. The van der Waals surface area contributed by atoms with Crippen LogP contribution in [0, 0.1) is 5.92 Å². The molecule has 0 bridgehead atoms. The standard InChI is InChI=1S/C30H31NO6/c1-34-24-15-21-17-30(29(33)37-4)18-23(28(32)36-3)27(20-13-9-6-10-14-20)31(30)26(19-11-7-5-8-12-19)22(21)16-25(24)35-2/h5-16,23,26-27H,17-18H2,1-4H3/t23-,26?,27-,30-/m1/s1. The van der Waals surface area contributed by atoms with Crippen molar-refractivity contribution in [1.29, 1.82) is 0 Å².